The van der Waals surface area contributed by atoms with Gasteiger partial charge < -0.3 is 24.1 Å². The minimum Gasteiger partial charge on any atom is -0.494 e. The molecule has 0 saturated heterocycles. The minimum absolute atomic E-state index is 0.0367. The molecule has 0 aliphatic carbocycles. The van der Waals surface area contributed by atoms with E-state index in [1.807, 2.05) is 66.7 Å². The summed E-state index contributed by atoms with van der Waals surface area (Å²) in [5.41, 5.74) is 2.72. The number of benzene rings is 4. The smallest absolute Gasteiger partial charge is 0.335 e. The van der Waals surface area contributed by atoms with Crippen LogP contribution in [-0.4, -0.2) is 55.2 Å². The van der Waals surface area contributed by atoms with Crippen LogP contribution in [0.4, 0.5) is 0 Å². The van der Waals surface area contributed by atoms with Gasteiger partial charge in [0, 0.05) is 16.5 Å². The van der Waals surface area contributed by atoms with E-state index in [0.717, 1.165) is 63.2 Å². The molecule has 0 radical (unpaired) electrons. The van der Waals surface area contributed by atoms with E-state index in [4.69, 9.17) is 24.1 Å². The van der Waals surface area contributed by atoms with Crippen LogP contribution in [-0.2, 0) is 19.1 Å². The Hall–Kier alpha value is -4.86. The average Bonchev–Trinajstić information content (AvgIpc) is 3.11. The van der Waals surface area contributed by atoms with Crippen LogP contribution in [0.15, 0.2) is 115 Å². The number of rotatable bonds is 18. The maximum absolute atomic E-state index is 12.9. The molecule has 4 aromatic carbocycles. The molecule has 0 aliphatic rings. The molecular weight excluding hydrogens is 616 g/mol. The summed E-state index contributed by atoms with van der Waals surface area (Å²) in [4.78, 5) is 36.3. The highest BCUT2D eigenvalue weighted by Crippen LogP contribution is 2.29. The summed E-state index contributed by atoms with van der Waals surface area (Å²) in [5.74, 6) is 0.480. The molecule has 1 N–H and O–H groups in total. The van der Waals surface area contributed by atoms with Crippen molar-refractivity contribution in [2.24, 2.45) is 0 Å². The predicted molar refractivity (Wildman–Crippen MR) is 184 cm³/mol. The predicted octanol–water partition coefficient (Wildman–Crippen LogP) is 7.58. The first-order chi connectivity index (χ1) is 22.9. The highest BCUT2D eigenvalue weighted by molar-refractivity contribution is 8.14. The average molecular weight is 655 g/mol. The number of fused-ring (bicyclic) bond motifs is 1. The second-order valence-electron chi connectivity index (χ2n) is 10.5. The lowest BCUT2D eigenvalue weighted by Crippen LogP contribution is -2.11. The summed E-state index contributed by atoms with van der Waals surface area (Å²) in [6.45, 7) is 7.97. The Balaban J connectivity index is 1.21. The van der Waals surface area contributed by atoms with Gasteiger partial charge >= 0.3 is 11.9 Å². The van der Waals surface area contributed by atoms with Crippen molar-refractivity contribution in [1.82, 2.24) is 0 Å². The SMILES string of the molecule is C=CC(=O)OCCCCOc1ccc2cc(-c3ccc(C(=O)Sc4ccc(OCCCCOC(=O)C(=C)CO)cc4)cc3)ccc2c1. The van der Waals surface area contributed by atoms with Crippen molar-refractivity contribution in [1.29, 1.82) is 0 Å². The Morgan fingerprint density at radius 1 is 0.681 bits per heavy atom. The van der Waals surface area contributed by atoms with Crippen molar-refractivity contribution >= 4 is 39.6 Å². The van der Waals surface area contributed by atoms with Gasteiger partial charge in [-0.2, -0.15) is 0 Å². The molecule has 4 aromatic rings. The number of aliphatic hydroxyl groups excluding tert-OH is 1. The zero-order valence-corrected chi connectivity index (χ0v) is 27.0. The van der Waals surface area contributed by atoms with Crippen molar-refractivity contribution < 1.29 is 38.4 Å². The maximum Gasteiger partial charge on any atom is 0.335 e. The molecular formula is C38H38O8S. The standard InChI is InChI=1S/C38H38O8S/c1-3-36(40)45-22-6-4-21-44-34-15-14-31-24-30(12-13-32(31)25-34)28-8-10-29(11-9-28)38(42)47-35-18-16-33(17-19-35)43-20-5-7-23-46-37(41)27(2)26-39/h3,8-19,24-25,39H,1-2,4-7,20-23,26H2. The summed E-state index contributed by atoms with van der Waals surface area (Å²) in [6, 6.07) is 27.2. The van der Waals surface area contributed by atoms with Crippen LogP contribution in [0, 0.1) is 0 Å². The Morgan fingerprint density at radius 3 is 1.94 bits per heavy atom. The van der Waals surface area contributed by atoms with Crippen LogP contribution in [0.2, 0.25) is 0 Å². The first-order valence-electron chi connectivity index (χ1n) is 15.3. The lowest BCUT2D eigenvalue weighted by atomic mass is 10.0. The summed E-state index contributed by atoms with van der Waals surface area (Å²) in [6.07, 6.45) is 3.97. The van der Waals surface area contributed by atoms with Crippen molar-refractivity contribution in [2.75, 3.05) is 33.0 Å². The highest BCUT2D eigenvalue weighted by atomic mass is 32.2. The van der Waals surface area contributed by atoms with Crippen molar-refractivity contribution in [3.63, 3.8) is 0 Å². The topological polar surface area (TPSA) is 108 Å². The molecule has 0 aromatic heterocycles. The van der Waals surface area contributed by atoms with Gasteiger partial charge in [0.1, 0.15) is 11.5 Å². The van der Waals surface area contributed by atoms with Gasteiger partial charge in [0.2, 0.25) is 5.12 Å². The molecule has 0 saturated carbocycles. The fraction of sp³-hybridized carbons (Fsp3) is 0.237. The minimum atomic E-state index is -0.588. The van der Waals surface area contributed by atoms with Crippen molar-refractivity contribution in [3.8, 4) is 22.6 Å². The van der Waals surface area contributed by atoms with Gasteiger partial charge in [-0.25, -0.2) is 9.59 Å². The van der Waals surface area contributed by atoms with Crippen molar-refractivity contribution in [2.45, 2.75) is 30.6 Å². The van der Waals surface area contributed by atoms with Crippen LogP contribution in [0.5, 0.6) is 11.5 Å². The summed E-state index contributed by atoms with van der Waals surface area (Å²) in [7, 11) is 0. The number of hydrogen-bond acceptors (Lipinski definition) is 9. The van der Waals surface area contributed by atoms with Crippen LogP contribution >= 0.6 is 11.8 Å². The highest BCUT2D eigenvalue weighted by Gasteiger charge is 2.10. The molecule has 9 heteroatoms. The Labute approximate surface area is 279 Å². The monoisotopic (exact) mass is 654 g/mol. The lowest BCUT2D eigenvalue weighted by Gasteiger charge is -2.09. The summed E-state index contributed by atoms with van der Waals surface area (Å²) >= 11 is 1.16. The molecule has 0 spiro atoms. The first kappa shape index (κ1) is 35.0. The maximum atomic E-state index is 12.9. The first-order valence-corrected chi connectivity index (χ1v) is 16.1. The van der Waals surface area contributed by atoms with Gasteiger partial charge in [0.15, 0.2) is 0 Å². The van der Waals surface area contributed by atoms with E-state index in [1.165, 1.54) is 0 Å². The van der Waals surface area contributed by atoms with Crippen LogP contribution in [0.1, 0.15) is 36.0 Å². The molecule has 0 fully saturated rings. The molecule has 0 heterocycles. The number of unbranched alkanes of at least 4 members (excludes halogenated alkanes) is 2. The molecule has 4 rings (SSSR count). The van der Waals surface area contributed by atoms with E-state index in [-0.39, 0.29) is 17.3 Å². The number of esters is 2. The molecule has 47 heavy (non-hydrogen) atoms. The number of carbonyl (C=O) groups excluding carboxylic acids is 3. The number of aliphatic hydroxyl groups is 1. The van der Waals surface area contributed by atoms with E-state index in [1.54, 1.807) is 0 Å². The number of hydrogen-bond donors (Lipinski definition) is 1. The Kier molecular flexibility index (Phi) is 13.6. The number of thioether (sulfide) groups is 1. The fourth-order valence-corrected chi connectivity index (χ4v) is 5.15. The van der Waals surface area contributed by atoms with E-state index in [0.29, 0.717) is 44.0 Å². The van der Waals surface area contributed by atoms with E-state index >= 15 is 0 Å². The van der Waals surface area contributed by atoms with Crippen molar-refractivity contribution in [3.05, 3.63) is 115 Å². The van der Waals surface area contributed by atoms with Gasteiger partial charge in [0.25, 0.3) is 0 Å². The normalized spacial score (nSPS) is 10.7. The van der Waals surface area contributed by atoms with Gasteiger partial charge in [-0.3, -0.25) is 4.79 Å². The molecule has 0 aliphatic heterocycles. The van der Waals surface area contributed by atoms with Gasteiger partial charge in [0.05, 0.1) is 38.6 Å². The number of carbonyl (C=O) groups is 3. The van der Waals surface area contributed by atoms with E-state index in [2.05, 4.69) is 31.4 Å². The molecule has 0 amide bonds. The second kappa shape index (κ2) is 18.3. The summed E-state index contributed by atoms with van der Waals surface area (Å²) < 4.78 is 21.6. The fourth-order valence-electron chi connectivity index (χ4n) is 4.41. The van der Waals surface area contributed by atoms with Crippen LogP contribution in [0.25, 0.3) is 21.9 Å². The third kappa shape index (κ3) is 11.2. The van der Waals surface area contributed by atoms with Gasteiger partial charge in [-0.05, 0) is 114 Å². The van der Waals surface area contributed by atoms with E-state index < -0.39 is 18.5 Å². The Morgan fingerprint density at radius 2 is 1.26 bits per heavy atom. The lowest BCUT2D eigenvalue weighted by molar-refractivity contribution is -0.140. The molecule has 0 atom stereocenters. The molecule has 244 valence electrons. The Bertz CT molecular complexity index is 1680. The zero-order chi connectivity index (χ0) is 33.4. The zero-order valence-electron chi connectivity index (χ0n) is 26.2. The van der Waals surface area contributed by atoms with Gasteiger partial charge in [-0.1, -0.05) is 43.5 Å². The quantitative estimate of drug-likeness (QED) is 0.0503. The second-order valence-corrected chi connectivity index (χ2v) is 11.6. The van der Waals surface area contributed by atoms with Crippen LogP contribution in [0.3, 0.4) is 0 Å². The van der Waals surface area contributed by atoms with E-state index in [9.17, 15) is 14.4 Å². The number of ether oxygens (including phenoxy) is 4. The molecule has 0 unspecified atom stereocenters. The molecule has 8 nitrogen and oxygen atoms in total. The van der Waals surface area contributed by atoms with Crippen LogP contribution < -0.4 is 9.47 Å². The summed E-state index contributed by atoms with van der Waals surface area (Å²) in [5, 5.41) is 11.0. The third-order valence-corrected chi connectivity index (χ3v) is 7.97. The largest absolute Gasteiger partial charge is 0.494 e. The third-order valence-electron chi connectivity index (χ3n) is 7.04. The molecule has 0 bridgehead atoms. The van der Waals surface area contributed by atoms with Gasteiger partial charge in [-0.15, -0.1) is 0 Å².